The van der Waals surface area contributed by atoms with Crippen molar-refractivity contribution in [2.75, 3.05) is 0 Å². The average molecular weight is 635 g/mol. The van der Waals surface area contributed by atoms with E-state index in [0.717, 1.165) is 51.5 Å². The van der Waals surface area contributed by atoms with Gasteiger partial charge in [0.15, 0.2) is 4.80 Å². The second-order valence-electron chi connectivity index (χ2n) is 12.0. The number of rotatable bonds is 5. The maximum atomic E-state index is 14.3. The topological polar surface area (TPSA) is 82.4 Å². The molecule has 2 aliphatic rings. The Morgan fingerprint density at radius 2 is 1.62 bits per heavy atom. The number of aryl methyl sites for hydroxylation is 2. The minimum Gasteiger partial charge on any atom is -0.318 e. The number of thiazole rings is 1. The Balaban J connectivity index is 1.26. The smallest absolute Gasteiger partial charge is 0.271 e. The van der Waals surface area contributed by atoms with E-state index in [1.165, 1.54) is 28.5 Å². The van der Waals surface area contributed by atoms with Gasteiger partial charge >= 0.3 is 0 Å². The van der Waals surface area contributed by atoms with E-state index >= 15 is 0 Å². The number of hydrogen-bond acceptors (Lipinski definition) is 5. The van der Waals surface area contributed by atoms with Crippen molar-refractivity contribution in [1.82, 2.24) is 9.13 Å². The van der Waals surface area contributed by atoms with Gasteiger partial charge < -0.3 is 4.57 Å². The van der Waals surface area contributed by atoms with E-state index < -0.39 is 6.04 Å². The Labute approximate surface area is 274 Å². The number of nitro benzene ring substituents is 1. The van der Waals surface area contributed by atoms with Crippen molar-refractivity contribution in [1.29, 1.82) is 0 Å². The van der Waals surface area contributed by atoms with Crippen LogP contribution in [0.15, 0.2) is 125 Å². The number of fused-ring (bicyclic) bond motifs is 3. The summed E-state index contributed by atoms with van der Waals surface area (Å²) in [6.07, 6.45) is 3.50. The van der Waals surface area contributed by atoms with Crippen molar-refractivity contribution < 1.29 is 4.92 Å². The van der Waals surface area contributed by atoms with Crippen LogP contribution < -0.4 is 14.9 Å². The lowest BCUT2D eigenvalue weighted by Gasteiger charge is -2.30. The molecule has 0 fully saturated rings. The number of benzene rings is 4. The average Bonchev–Trinajstić information content (AvgIpc) is 3.56. The molecule has 2 aromatic heterocycles. The van der Waals surface area contributed by atoms with Gasteiger partial charge in [-0.05, 0) is 84.4 Å². The van der Waals surface area contributed by atoms with Gasteiger partial charge in [-0.15, -0.1) is 0 Å². The van der Waals surface area contributed by atoms with Gasteiger partial charge in [0.2, 0.25) is 0 Å². The van der Waals surface area contributed by atoms with Crippen LogP contribution in [0.3, 0.4) is 0 Å². The molecule has 4 aromatic carbocycles. The third-order valence-corrected chi connectivity index (χ3v) is 10.2. The fourth-order valence-corrected chi connectivity index (χ4v) is 8.03. The van der Waals surface area contributed by atoms with Crippen LogP contribution in [0.5, 0.6) is 0 Å². The summed E-state index contributed by atoms with van der Waals surface area (Å²) in [6, 6.07) is 35.4. The molecule has 8 rings (SSSR count). The van der Waals surface area contributed by atoms with Gasteiger partial charge in [0.05, 0.1) is 21.2 Å². The summed E-state index contributed by atoms with van der Waals surface area (Å²) in [6.45, 7) is 4.15. The quantitative estimate of drug-likeness (QED) is 0.147. The SMILES string of the molecule is Cc1cc(/C=c2/sc3n(c2=O)[C@@H](c2cccc([N+](=O)[O-])c2)C2=C(N=3)c3ccccc3CC2)c(C)n1-c1ccc(-c2ccccc2)cc1. The molecule has 6 aromatic rings. The van der Waals surface area contributed by atoms with Gasteiger partial charge in [-0.3, -0.25) is 19.5 Å². The predicted octanol–water partition coefficient (Wildman–Crippen LogP) is 7.30. The first-order valence-electron chi connectivity index (χ1n) is 15.6. The Morgan fingerprint density at radius 1 is 0.872 bits per heavy atom. The Morgan fingerprint density at radius 3 is 2.40 bits per heavy atom. The van der Waals surface area contributed by atoms with Gasteiger partial charge in [0, 0.05) is 34.8 Å². The van der Waals surface area contributed by atoms with Crippen LogP contribution in [-0.2, 0) is 6.42 Å². The molecule has 1 aliphatic carbocycles. The minimum atomic E-state index is -0.479. The summed E-state index contributed by atoms with van der Waals surface area (Å²) in [7, 11) is 0. The highest BCUT2D eigenvalue weighted by Crippen LogP contribution is 2.41. The van der Waals surface area contributed by atoms with E-state index in [9.17, 15) is 14.9 Å². The molecule has 0 N–H and O–H groups in total. The van der Waals surface area contributed by atoms with Crippen molar-refractivity contribution in [3.63, 3.8) is 0 Å². The van der Waals surface area contributed by atoms with Crippen molar-refractivity contribution in [3.8, 4) is 16.8 Å². The highest BCUT2D eigenvalue weighted by atomic mass is 32.1. The molecule has 47 heavy (non-hydrogen) atoms. The predicted molar refractivity (Wildman–Crippen MR) is 187 cm³/mol. The molecule has 0 bridgehead atoms. The molecule has 1 atom stereocenters. The van der Waals surface area contributed by atoms with Crippen LogP contribution in [0.1, 0.15) is 46.1 Å². The molecule has 8 heteroatoms. The van der Waals surface area contributed by atoms with Gasteiger partial charge in [-0.2, -0.15) is 0 Å². The summed E-state index contributed by atoms with van der Waals surface area (Å²) in [5, 5.41) is 11.7. The van der Waals surface area contributed by atoms with E-state index in [-0.39, 0.29) is 16.2 Å². The molecule has 1 aliphatic heterocycles. The van der Waals surface area contributed by atoms with E-state index in [2.05, 4.69) is 73.0 Å². The molecule has 0 unspecified atom stereocenters. The summed E-state index contributed by atoms with van der Waals surface area (Å²) >= 11 is 1.37. The van der Waals surface area contributed by atoms with Crippen LogP contribution in [-0.4, -0.2) is 14.1 Å². The highest BCUT2D eigenvalue weighted by molar-refractivity contribution is 7.07. The maximum absolute atomic E-state index is 14.3. The van der Waals surface area contributed by atoms with E-state index in [1.54, 1.807) is 16.7 Å². The maximum Gasteiger partial charge on any atom is 0.271 e. The largest absolute Gasteiger partial charge is 0.318 e. The van der Waals surface area contributed by atoms with E-state index in [4.69, 9.17) is 4.99 Å². The molecular formula is C39H30N4O3S. The number of allylic oxidation sites excluding steroid dienone is 1. The zero-order chi connectivity index (χ0) is 32.2. The van der Waals surface area contributed by atoms with Gasteiger partial charge in [0.1, 0.15) is 0 Å². The number of aromatic nitrogens is 2. The first-order chi connectivity index (χ1) is 22.9. The molecule has 0 radical (unpaired) electrons. The zero-order valence-electron chi connectivity index (χ0n) is 25.9. The molecule has 0 spiro atoms. The van der Waals surface area contributed by atoms with Crippen LogP contribution in [0.2, 0.25) is 0 Å². The van der Waals surface area contributed by atoms with Gasteiger partial charge in [0.25, 0.3) is 11.2 Å². The van der Waals surface area contributed by atoms with Crippen molar-refractivity contribution in [3.05, 3.63) is 178 Å². The lowest BCUT2D eigenvalue weighted by molar-refractivity contribution is -0.384. The lowest BCUT2D eigenvalue weighted by Crippen LogP contribution is -2.38. The number of non-ortho nitro benzene ring substituents is 1. The second kappa shape index (κ2) is 11.3. The molecular weight excluding hydrogens is 605 g/mol. The van der Waals surface area contributed by atoms with Crippen LogP contribution in [0.25, 0.3) is 28.6 Å². The third-order valence-electron chi connectivity index (χ3n) is 9.26. The summed E-state index contributed by atoms with van der Waals surface area (Å²) in [4.78, 5) is 31.4. The highest BCUT2D eigenvalue weighted by Gasteiger charge is 2.33. The number of nitro groups is 1. The normalized spacial score (nSPS) is 15.5. The first kappa shape index (κ1) is 28.8. The second-order valence-corrected chi connectivity index (χ2v) is 13.0. The number of hydrogen-bond donors (Lipinski definition) is 0. The van der Waals surface area contributed by atoms with Crippen molar-refractivity contribution in [2.24, 2.45) is 4.99 Å². The summed E-state index contributed by atoms with van der Waals surface area (Å²) in [5.41, 5.74) is 11.2. The van der Waals surface area contributed by atoms with E-state index in [0.29, 0.717) is 21.3 Å². The Kier molecular flexibility index (Phi) is 6.95. The fraction of sp³-hybridized carbons (Fsp3) is 0.128. The van der Waals surface area contributed by atoms with Crippen LogP contribution in [0, 0.1) is 24.0 Å². The molecule has 0 saturated carbocycles. The Hall–Kier alpha value is -5.60. The summed E-state index contributed by atoms with van der Waals surface area (Å²) < 4.78 is 4.52. The number of nitrogens with zero attached hydrogens (tertiary/aromatic N) is 4. The fourth-order valence-electron chi connectivity index (χ4n) is 7.04. The molecule has 7 nitrogen and oxygen atoms in total. The Bertz CT molecular complexity index is 2430. The monoisotopic (exact) mass is 634 g/mol. The van der Waals surface area contributed by atoms with Crippen LogP contribution >= 0.6 is 11.3 Å². The molecule has 0 saturated heterocycles. The lowest BCUT2D eigenvalue weighted by atomic mass is 9.83. The molecule has 3 heterocycles. The van der Waals surface area contributed by atoms with E-state index in [1.807, 2.05) is 42.5 Å². The van der Waals surface area contributed by atoms with Gasteiger partial charge in [-0.1, -0.05) is 90.2 Å². The van der Waals surface area contributed by atoms with Crippen molar-refractivity contribution in [2.45, 2.75) is 32.7 Å². The van der Waals surface area contributed by atoms with Crippen molar-refractivity contribution >= 4 is 28.8 Å². The van der Waals surface area contributed by atoms with Gasteiger partial charge in [-0.25, -0.2) is 4.99 Å². The molecule has 0 amide bonds. The zero-order valence-corrected chi connectivity index (χ0v) is 26.7. The minimum absolute atomic E-state index is 0.00391. The third kappa shape index (κ3) is 4.89. The first-order valence-corrected chi connectivity index (χ1v) is 16.4. The standard InChI is InChI=1S/C39H30N4O3S/c1-24-21-30(25(2)41(24)31-18-15-27(16-19-31)26-9-4-3-5-10-26)23-35-38(44)42-37(29-12-8-13-32(22-29)43(45)46)34-20-17-28-11-6-7-14-33(28)36(34)40-39(42)47-35/h3-16,18-19,21-23,37H,17,20H2,1-2H3/b35-23+/t37-/m0/s1. The molecule has 230 valence electrons. The summed E-state index contributed by atoms with van der Waals surface area (Å²) in [5.74, 6) is 0. The van der Waals surface area contributed by atoms with Crippen LogP contribution in [0.4, 0.5) is 5.69 Å².